The van der Waals surface area contributed by atoms with Crippen molar-refractivity contribution < 1.29 is 5.11 Å². The van der Waals surface area contributed by atoms with Gasteiger partial charge in [-0.3, -0.25) is 4.90 Å². The smallest absolute Gasteiger partial charge is 0.115 e. The molecule has 0 saturated heterocycles. The number of phenolic OH excluding ortho intramolecular Hbond substituents is 1. The molecule has 0 saturated carbocycles. The minimum absolute atomic E-state index is 0.369. The normalized spacial score (nSPS) is 18.4. The molecule has 1 atom stereocenters. The van der Waals surface area contributed by atoms with Crippen molar-refractivity contribution in [1.82, 2.24) is 4.90 Å². The molecule has 96 valence electrons. The lowest BCUT2D eigenvalue weighted by Gasteiger charge is -2.34. The first-order valence-electron chi connectivity index (χ1n) is 6.73. The quantitative estimate of drug-likeness (QED) is 0.822. The Morgan fingerprint density at radius 1 is 1.44 bits per heavy atom. The Hall–Kier alpha value is -1.46. The third-order valence-electron chi connectivity index (χ3n) is 3.71. The molecular formula is C16H21NO. The summed E-state index contributed by atoms with van der Waals surface area (Å²) in [6.07, 6.45) is 9.84. The van der Waals surface area contributed by atoms with Gasteiger partial charge in [0.2, 0.25) is 0 Å². The highest BCUT2D eigenvalue weighted by Gasteiger charge is 2.23. The van der Waals surface area contributed by atoms with Gasteiger partial charge in [-0.25, -0.2) is 0 Å². The minimum Gasteiger partial charge on any atom is -0.508 e. The van der Waals surface area contributed by atoms with Gasteiger partial charge >= 0.3 is 0 Å². The van der Waals surface area contributed by atoms with Gasteiger partial charge in [0.15, 0.2) is 0 Å². The number of aryl methyl sites for hydroxylation is 1. The molecule has 0 aliphatic heterocycles. The predicted molar refractivity (Wildman–Crippen MR) is 74.6 cm³/mol. The van der Waals surface area contributed by atoms with Gasteiger partial charge in [0.25, 0.3) is 0 Å². The second-order valence-electron chi connectivity index (χ2n) is 5.02. The fourth-order valence-electron chi connectivity index (χ4n) is 2.83. The van der Waals surface area contributed by atoms with Crippen LogP contribution in [0.25, 0.3) is 0 Å². The third kappa shape index (κ3) is 2.86. The summed E-state index contributed by atoms with van der Waals surface area (Å²) in [5.41, 5.74) is 2.66. The molecule has 1 aliphatic carbocycles. The number of aromatic hydroxyl groups is 1. The highest BCUT2D eigenvalue weighted by molar-refractivity contribution is 5.37. The van der Waals surface area contributed by atoms with E-state index in [1.807, 2.05) is 12.1 Å². The van der Waals surface area contributed by atoms with Gasteiger partial charge in [-0.1, -0.05) is 18.9 Å². The highest BCUT2D eigenvalue weighted by Crippen LogP contribution is 2.27. The van der Waals surface area contributed by atoms with Crippen LogP contribution in [0.3, 0.4) is 0 Å². The van der Waals surface area contributed by atoms with Crippen LogP contribution in [0.2, 0.25) is 0 Å². The van der Waals surface area contributed by atoms with Crippen LogP contribution in [0.4, 0.5) is 0 Å². The lowest BCUT2D eigenvalue weighted by molar-refractivity contribution is 0.202. The Bertz CT molecular complexity index is 447. The zero-order valence-electron chi connectivity index (χ0n) is 11.0. The molecule has 1 aromatic carbocycles. The van der Waals surface area contributed by atoms with E-state index in [-0.39, 0.29) is 0 Å². The summed E-state index contributed by atoms with van der Waals surface area (Å²) in [5, 5.41) is 9.57. The zero-order chi connectivity index (χ0) is 13.0. The van der Waals surface area contributed by atoms with Crippen LogP contribution in [0.15, 0.2) is 18.2 Å². The van der Waals surface area contributed by atoms with Crippen LogP contribution >= 0.6 is 0 Å². The van der Waals surface area contributed by atoms with Crippen molar-refractivity contribution in [2.75, 3.05) is 13.1 Å². The van der Waals surface area contributed by atoms with Crippen molar-refractivity contribution in [3.05, 3.63) is 29.3 Å². The number of rotatable bonds is 4. The van der Waals surface area contributed by atoms with Crippen molar-refractivity contribution >= 4 is 0 Å². The number of hydrogen-bond donors (Lipinski definition) is 1. The molecule has 0 radical (unpaired) electrons. The molecule has 18 heavy (non-hydrogen) atoms. The minimum atomic E-state index is 0.369. The number of terminal acetylenes is 1. The maximum Gasteiger partial charge on any atom is 0.115 e. The number of benzene rings is 1. The van der Waals surface area contributed by atoms with Crippen molar-refractivity contribution in [3.63, 3.8) is 0 Å². The Labute approximate surface area is 110 Å². The summed E-state index contributed by atoms with van der Waals surface area (Å²) in [4.78, 5) is 2.40. The van der Waals surface area contributed by atoms with E-state index in [0.29, 0.717) is 11.8 Å². The molecule has 0 spiro atoms. The molecule has 1 N–H and O–H groups in total. The largest absolute Gasteiger partial charge is 0.508 e. The van der Waals surface area contributed by atoms with Gasteiger partial charge in [-0.05, 0) is 55.5 Å². The lowest BCUT2D eigenvalue weighted by atomic mass is 9.87. The van der Waals surface area contributed by atoms with Gasteiger partial charge in [0, 0.05) is 6.04 Å². The molecule has 0 aromatic heterocycles. The molecule has 2 rings (SSSR count). The lowest BCUT2D eigenvalue weighted by Crippen LogP contribution is -2.40. The van der Waals surface area contributed by atoms with Crippen molar-refractivity contribution in [1.29, 1.82) is 0 Å². The molecule has 2 heteroatoms. The Morgan fingerprint density at radius 2 is 2.28 bits per heavy atom. The Morgan fingerprint density at radius 3 is 3.00 bits per heavy atom. The average Bonchev–Trinajstić information content (AvgIpc) is 2.37. The van der Waals surface area contributed by atoms with Crippen LogP contribution in [-0.4, -0.2) is 29.1 Å². The first-order chi connectivity index (χ1) is 8.74. The van der Waals surface area contributed by atoms with E-state index in [4.69, 9.17) is 6.42 Å². The first kappa shape index (κ1) is 13.0. The third-order valence-corrected chi connectivity index (χ3v) is 3.71. The van der Waals surface area contributed by atoms with E-state index in [9.17, 15) is 5.11 Å². The van der Waals surface area contributed by atoms with E-state index in [1.54, 1.807) is 6.07 Å². The fraction of sp³-hybridized carbons (Fsp3) is 0.500. The van der Waals surface area contributed by atoms with Gasteiger partial charge < -0.3 is 5.11 Å². The average molecular weight is 243 g/mol. The van der Waals surface area contributed by atoms with E-state index in [0.717, 1.165) is 32.4 Å². The first-order valence-corrected chi connectivity index (χ1v) is 6.73. The molecule has 2 nitrogen and oxygen atoms in total. The van der Waals surface area contributed by atoms with E-state index in [2.05, 4.69) is 17.7 Å². The molecular weight excluding hydrogens is 222 g/mol. The van der Waals surface area contributed by atoms with E-state index in [1.165, 1.54) is 17.5 Å². The van der Waals surface area contributed by atoms with Crippen molar-refractivity contribution in [2.24, 2.45) is 0 Å². The maximum atomic E-state index is 9.57. The van der Waals surface area contributed by atoms with E-state index >= 15 is 0 Å². The van der Waals surface area contributed by atoms with E-state index < -0.39 is 0 Å². The fourth-order valence-corrected chi connectivity index (χ4v) is 2.83. The van der Waals surface area contributed by atoms with Crippen LogP contribution in [0, 0.1) is 12.3 Å². The monoisotopic (exact) mass is 243 g/mol. The van der Waals surface area contributed by atoms with Crippen LogP contribution in [-0.2, 0) is 12.8 Å². The van der Waals surface area contributed by atoms with Crippen LogP contribution < -0.4 is 0 Å². The maximum absolute atomic E-state index is 9.57. The molecule has 0 bridgehead atoms. The number of phenols is 1. The Balaban J connectivity index is 2.12. The van der Waals surface area contributed by atoms with Crippen molar-refractivity contribution in [3.8, 4) is 18.1 Å². The van der Waals surface area contributed by atoms with Crippen LogP contribution in [0.1, 0.15) is 30.9 Å². The number of nitrogens with zero attached hydrogens (tertiary/aromatic N) is 1. The van der Waals surface area contributed by atoms with Gasteiger partial charge in [0.05, 0.1) is 6.54 Å². The van der Waals surface area contributed by atoms with Gasteiger partial charge in [-0.2, -0.15) is 0 Å². The topological polar surface area (TPSA) is 23.5 Å². The summed E-state index contributed by atoms with van der Waals surface area (Å²) in [5.74, 6) is 3.13. The second kappa shape index (κ2) is 5.93. The molecule has 0 fully saturated rings. The zero-order valence-corrected chi connectivity index (χ0v) is 11.0. The molecule has 0 unspecified atom stereocenters. The molecule has 0 amide bonds. The number of hydrogen-bond acceptors (Lipinski definition) is 2. The summed E-state index contributed by atoms with van der Waals surface area (Å²) in [6.45, 7) is 3.97. The summed E-state index contributed by atoms with van der Waals surface area (Å²) >= 11 is 0. The van der Waals surface area contributed by atoms with Gasteiger partial charge in [0.1, 0.15) is 5.75 Å². The standard InChI is InChI=1S/C16H21NO/c1-3-9-17(10-4-2)15-7-5-13-6-8-16(18)12-14(13)11-15/h1,6,8,12,15,18H,4-5,7,9-11H2,2H3/t15-/m0/s1. The Kier molecular flexibility index (Phi) is 4.28. The molecule has 0 heterocycles. The summed E-state index contributed by atoms with van der Waals surface area (Å²) < 4.78 is 0. The summed E-state index contributed by atoms with van der Waals surface area (Å²) in [6, 6.07) is 6.26. The predicted octanol–water partition coefficient (Wildman–Crippen LogP) is 2.59. The highest BCUT2D eigenvalue weighted by atomic mass is 16.3. The molecule has 1 aliphatic rings. The SMILES string of the molecule is C#CCN(CCC)[C@H]1CCc2ccc(O)cc2C1. The van der Waals surface area contributed by atoms with Crippen LogP contribution in [0.5, 0.6) is 5.75 Å². The second-order valence-corrected chi connectivity index (χ2v) is 5.02. The van der Waals surface area contributed by atoms with Gasteiger partial charge in [-0.15, -0.1) is 6.42 Å². The number of fused-ring (bicyclic) bond motifs is 1. The summed E-state index contributed by atoms with van der Waals surface area (Å²) in [7, 11) is 0. The van der Waals surface area contributed by atoms with Crippen molar-refractivity contribution in [2.45, 2.75) is 38.6 Å². The molecule has 1 aromatic rings.